The quantitative estimate of drug-likeness (QED) is 0.592. The first-order chi connectivity index (χ1) is 17.2. The van der Waals surface area contributed by atoms with Crippen molar-refractivity contribution in [2.45, 2.75) is 38.9 Å². The van der Waals surface area contributed by atoms with E-state index in [2.05, 4.69) is 20.5 Å². The highest BCUT2D eigenvalue weighted by Gasteiger charge is 2.21. The third-order valence-electron chi connectivity index (χ3n) is 5.93. The number of hydrogen-bond acceptors (Lipinski definition) is 5. The van der Waals surface area contributed by atoms with Crippen molar-refractivity contribution in [2.75, 3.05) is 19.7 Å². The average molecular weight is 473 g/mol. The Hall–Kier alpha value is -3.71. The highest BCUT2D eigenvalue weighted by Crippen LogP contribution is 2.26. The van der Waals surface area contributed by atoms with Crippen LogP contribution in [0.15, 0.2) is 72.9 Å². The van der Waals surface area contributed by atoms with E-state index in [9.17, 15) is 9.59 Å². The Morgan fingerprint density at radius 3 is 2.66 bits per heavy atom. The number of carbonyl (C=O) groups is 2. The molecule has 182 valence electrons. The van der Waals surface area contributed by atoms with E-state index in [-0.39, 0.29) is 18.4 Å². The standard InChI is InChI=1S/C28H32N4O3/c33-27-21-32(19-22-10-3-1-4-11-22)20-25-24(28(34)31-18-23-12-5-7-15-29-23)13-9-14-26(25)35-17-8-2-6-16-30-27/h1,3-5,7,9-15H,2,6,8,16-21H2,(H,30,33)(H,31,34). The second-order valence-corrected chi connectivity index (χ2v) is 8.68. The number of benzene rings is 2. The predicted octanol–water partition coefficient (Wildman–Crippen LogP) is 3.69. The van der Waals surface area contributed by atoms with E-state index in [1.807, 2.05) is 66.7 Å². The number of rotatable bonds is 5. The molecule has 7 nitrogen and oxygen atoms in total. The molecule has 0 saturated carbocycles. The molecule has 0 radical (unpaired) electrons. The van der Waals surface area contributed by atoms with Gasteiger partial charge in [0, 0.05) is 37.0 Å². The Balaban J connectivity index is 1.61. The Labute approximate surface area is 206 Å². The molecule has 2 N–H and O–H groups in total. The van der Waals surface area contributed by atoms with Crippen LogP contribution in [0.3, 0.4) is 0 Å². The zero-order valence-electron chi connectivity index (χ0n) is 19.9. The summed E-state index contributed by atoms with van der Waals surface area (Å²) < 4.78 is 6.16. The summed E-state index contributed by atoms with van der Waals surface area (Å²) in [5.41, 5.74) is 3.22. The number of fused-ring (bicyclic) bond motifs is 1. The lowest BCUT2D eigenvalue weighted by Crippen LogP contribution is -2.37. The molecule has 1 aromatic heterocycles. The number of carbonyl (C=O) groups excluding carboxylic acids is 2. The van der Waals surface area contributed by atoms with E-state index in [0.717, 1.165) is 36.1 Å². The van der Waals surface area contributed by atoms with Crippen LogP contribution in [0.4, 0.5) is 0 Å². The molecule has 0 atom stereocenters. The topological polar surface area (TPSA) is 83.6 Å². The number of amides is 2. The van der Waals surface area contributed by atoms with Gasteiger partial charge in [0.05, 0.1) is 25.4 Å². The van der Waals surface area contributed by atoms with Crippen LogP contribution in [0.2, 0.25) is 0 Å². The molecular weight excluding hydrogens is 440 g/mol. The van der Waals surface area contributed by atoms with E-state index in [4.69, 9.17) is 4.74 Å². The van der Waals surface area contributed by atoms with Gasteiger partial charge in [0.15, 0.2) is 0 Å². The monoisotopic (exact) mass is 472 g/mol. The first-order valence-electron chi connectivity index (χ1n) is 12.1. The number of aromatic nitrogens is 1. The van der Waals surface area contributed by atoms with E-state index < -0.39 is 0 Å². The summed E-state index contributed by atoms with van der Waals surface area (Å²) in [6.45, 7) is 2.78. The largest absolute Gasteiger partial charge is 0.493 e. The molecule has 0 spiro atoms. The van der Waals surface area contributed by atoms with Gasteiger partial charge in [0.2, 0.25) is 5.91 Å². The van der Waals surface area contributed by atoms with E-state index in [1.54, 1.807) is 6.20 Å². The first kappa shape index (κ1) is 24.4. The minimum Gasteiger partial charge on any atom is -0.493 e. The van der Waals surface area contributed by atoms with Crippen LogP contribution in [-0.4, -0.2) is 41.4 Å². The van der Waals surface area contributed by atoms with Crippen molar-refractivity contribution in [3.8, 4) is 5.75 Å². The number of hydrogen-bond donors (Lipinski definition) is 2. The van der Waals surface area contributed by atoms with Crippen molar-refractivity contribution in [3.63, 3.8) is 0 Å². The van der Waals surface area contributed by atoms with Crippen LogP contribution in [0.25, 0.3) is 0 Å². The highest BCUT2D eigenvalue weighted by molar-refractivity contribution is 5.96. The second kappa shape index (κ2) is 12.7. The molecule has 1 aliphatic rings. The van der Waals surface area contributed by atoms with Crippen molar-refractivity contribution in [1.82, 2.24) is 20.5 Å². The van der Waals surface area contributed by atoms with Crippen LogP contribution in [0, 0.1) is 0 Å². The Morgan fingerprint density at radius 2 is 1.83 bits per heavy atom. The van der Waals surface area contributed by atoms with Crippen LogP contribution >= 0.6 is 0 Å². The summed E-state index contributed by atoms with van der Waals surface area (Å²) in [5, 5.41) is 6.01. The number of nitrogens with one attached hydrogen (secondary N) is 2. The molecule has 2 heterocycles. The first-order valence-corrected chi connectivity index (χ1v) is 12.1. The molecule has 0 bridgehead atoms. The molecule has 7 heteroatoms. The molecule has 35 heavy (non-hydrogen) atoms. The molecule has 0 fully saturated rings. The van der Waals surface area contributed by atoms with Gasteiger partial charge >= 0.3 is 0 Å². The number of ether oxygens (including phenoxy) is 1. The number of nitrogens with zero attached hydrogens (tertiary/aromatic N) is 2. The molecule has 4 rings (SSSR count). The second-order valence-electron chi connectivity index (χ2n) is 8.68. The van der Waals surface area contributed by atoms with Gasteiger partial charge < -0.3 is 15.4 Å². The van der Waals surface area contributed by atoms with Crippen molar-refractivity contribution in [1.29, 1.82) is 0 Å². The third kappa shape index (κ3) is 7.39. The lowest BCUT2D eigenvalue weighted by molar-refractivity contribution is -0.122. The van der Waals surface area contributed by atoms with E-state index in [1.165, 1.54) is 0 Å². The van der Waals surface area contributed by atoms with Crippen molar-refractivity contribution < 1.29 is 14.3 Å². The van der Waals surface area contributed by atoms with Crippen LogP contribution < -0.4 is 15.4 Å². The van der Waals surface area contributed by atoms with Gasteiger partial charge in [-0.05, 0) is 49.1 Å². The predicted molar refractivity (Wildman–Crippen MR) is 135 cm³/mol. The van der Waals surface area contributed by atoms with E-state index >= 15 is 0 Å². The van der Waals surface area contributed by atoms with Crippen molar-refractivity contribution in [3.05, 3.63) is 95.3 Å². The Bertz CT molecular complexity index is 1110. The minimum atomic E-state index is -0.190. The maximum atomic E-state index is 13.3. The Morgan fingerprint density at radius 1 is 0.971 bits per heavy atom. The molecule has 3 aromatic rings. The lowest BCUT2D eigenvalue weighted by atomic mass is 10.0. The summed E-state index contributed by atoms with van der Waals surface area (Å²) in [6.07, 6.45) is 4.48. The fourth-order valence-corrected chi connectivity index (χ4v) is 4.15. The van der Waals surface area contributed by atoms with Gasteiger partial charge in [-0.3, -0.25) is 19.5 Å². The summed E-state index contributed by atoms with van der Waals surface area (Å²) in [7, 11) is 0. The fraction of sp³-hybridized carbons (Fsp3) is 0.321. The molecule has 1 aliphatic heterocycles. The summed E-state index contributed by atoms with van der Waals surface area (Å²) >= 11 is 0. The van der Waals surface area contributed by atoms with Gasteiger partial charge in [0.25, 0.3) is 5.91 Å². The van der Waals surface area contributed by atoms with Crippen molar-refractivity contribution in [2.24, 2.45) is 0 Å². The average Bonchev–Trinajstić information content (AvgIpc) is 2.89. The SMILES string of the molecule is O=C1CN(Cc2ccccc2)Cc2c(cccc2C(=O)NCc2ccccn2)OCCCCCN1. The van der Waals surface area contributed by atoms with E-state index in [0.29, 0.717) is 44.1 Å². The third-order valence-corrected chi connectivity index (χ3v) is 5.93. The summed E-state index contributed by atoms with van der Waals surface area (Å²) in [5.74, 6) is 0.484. The number of pyridine rings is 1. The van der Waals surface area contributed by atoms with Crippen LogP contribution in [0.1, 0.15) is 46.4 Å². The highest BCUT2D eigenvalue weighted by atomic mass is 16.5. The molecule has 2 amide bonds. The maximum Gasteiger partial charge on any atom is 0.252 e. The van der Waals surface area contributed by atoms with Crippen LogP contribution in [-0.2, 0) is 24.4 Å². The normalized spacial score (nSPS) is 15.4. The van der Waals surface area contributed by atoms with Gasteiger partial charge in [-0.1, -0.05) is 42.5 Å². The van der Waals surface area contributed by atoms with Crippen LogP contribution in [0.5, 0.6) is 5.75 Å². The lowest BCUT2D eigenvalue weighted by Gasteiger charge is -2.24. The molecule has 2 aromatic carbocycles. The molecule has 0 unspecified atom stereocenters. The Kier molecular flexibility index (Phi) is 8.84. The van der Waals surface area contributed by atoms with Gasteiger partial charge in [0.1, 0.15) is 5.75 Å². The molecular formula is C28H32N4O3. The van der Waals surface area contributed by atoms with Gasteiger partial charge in [-0.2, -0.15) is 0 Å². The van der Waals surface area contributed by atoms with Crippen molar-refractivity contribution >= 4 is 11.8 Å². The zero-order valence-corrected chi connectivity index (χ0v) is 19.9. The molecule has 0 saturated heterocycles. The van der Waals surface area contributed by atoms with Gasteiger partial charge in [-0.15, -0.1) is 0 Å². The van der Waals surface area contributed by atoms with Gasteiger partial charge in [-0.25, -0.2) is 0 Å². The summed E-state index contributed by atoms with van der Waals surface area (Å²) in [6, 6.07) is 21.2. The fourth-order valence-electron chi connectivity index (χ4n) is 4.15. The minimum absolute atomic E-state index is 0.0141. The summed E-state index contributed by atoms with van der Waals surface area (Å²) in [4.78, 5) is 32.3. The zero-order chi connectivity index (χ0) is 24.3. The maximum absolute atomic E-state index is 13.3. The smallest absolute Gasteiger partial charge is 0.252 e. The molecule has 0 aliphatic carbocycles.